The van der Waals surface area contributed by atoms with Gasteiger partial charge in [0.1, 0.15) is 11.6 Å². The number of pyridine rings is 2. The average Bonchev–Trinajstić information content (AvgIpc) is 2.85. The molecule has 0 fully saturated rings. The standard InChI is InChI=1S/C13H6BrFN2/c14-7-1-3-8(4-2-7)17-12-6-10(15)9-5-11(12)16-13(9)17/h1-6H. The third kappa shape index (κ3) is 1.11. The zero-order chi connectivity index (χ0) is 11.6. The van der Waals surface area contributed by atoms with E-state index in [2.05, 4.69) is 20.9 Å². The van der Waals surface area contributed by atoms with Gasteiger partial charge < -0.3 is 0 Å². The summed E-state index contributed by atoms with van der Waals surface area (Å²) in [6, 6.07) is 11.3. The van der Waals surface area contributed by atoms with E-state index in [1.165, 1.54) is 0 Å². The first kappa shape index (κ1) is 9.36. The van der Waals surface area contributed by atoms with E-state index in [0.29, 0.717) is 11.4 Å². The Labute approximate surface area is 105 Å². The van der Waals surface area contributed by atoms with Crippen LogP contribution in [0.3, 0.4) is 0 Å². The number of hydrogen-bond acceptors (Lipinski definition) is 1. The van der Waals surface area contributed by atoms with Gasteiger partial charge in [-0.3, -0.25) is 4.57 Å². The molecule has 3 heterocycles. The summed E-state index contributed by atoms with van der Waals surface area (Å²) in [5.74, 6) is 0.519. The van der Waals surface area contributed by atoms with E-state index in [1.807, 2.05) is 28.8 Å². The second-order valence-electron chi connectivity index (χ2n) is 4.07. The maximum atomic E-state index is 13.6. The van der Waals surface area contributed by atoms with Crippen LogP contribution in [0.15, 0.2) is 40.9 Å². The second kappa shape index (κ2) is 2.96. The van der Waals surface area contributed by atoms with Crippen molar-refractivity contribution in [1.29, 1.82) is 0 Å². The Morgan fingerprint density at radius 2 is 1.88 bits per heavy atom. The molecule has 0 saturated heterocycles. The molecule has 0 atom stereocenters. The van der Waals surface area contributed by atoms with Gasteiger partial charge in [-0.05, 0) is 30.3 Å². The number of benzene rings is 2. The summed E-state index contributed by atoms with van der Waals surface area (Å²) < 4.78 is 16.6. The van der Waals surface area contributed by atoms with E-state index in [4.69, 9.17) is 0 Å². The van der Waals surface area contributed by atoms with Crippen LogP contribution in [0.4, 0.5) is 4.39 Å². The van der Waals surface area contributed by atoms with E-state index in [9.17, 15) is 4.39 Å². The molecule has 1 aromatic heterocycles. The molecular formula is C13H6BrFN2. The van der Waals surface area contributed by atoms with Crippen molar-refractivity contribution in [3.63, 3.8) is 0 Å². The zero-order valence-corrected chi connectivity index (χ0v) is 10.2. The Morgan fingerprint density at radius 3 is 2.59 bits per heavy atom. The molecule has 82 valence electrons. The molecule has 0 amide bonds. The highest BCUT2D eigenvalue weighted by atomic mass is 79.9. The minimum atomic E-state index is -0.187. The fraction of sp³-hybridized carbons (Fsp3) is 0. The molecule has 0 radical (unpaired) electrons. The summed E-state index contributed by atoms with van der Waals surface area (Å²) >= 11 is 3.40. The molecule has 0 unspecified atom stereocenters. The number of hydrogen-bond donors (Lipinski definition) is 0. The summed E-state index contributed by atoms with van der Waals surface area (Å²) in [7, 11) is 0. The third-order valence-electron chi connectivity index (χ3n) is 3.07. The molecule has 0 N–H and O–H groups in total. The predicted octanol–water partition coefficient (Wildman–Crippen LogP) is 3.91. The lowest BCUT2D eigenvalue weighted by Gasteiger charge is -2.13. The molecule has 4 heteroatoms. The van der Waals surface area contributed by atoms with Crippen LogP contribution >= 0.6 is 15.9 Å². The molecular weight excluding hydrogens is 283 g/mol. The molecule has 2 aliphatic rings. The fourth-order valence-corrected chi connectivity index (χ4v) is 2.57. The molecule has 3 aromatic rings. The van der Waals surface area contributed by atoms with Crippen molar-refractivity contribution in [2.24, 2.45) is 0 Å². The molecule has 0 spiro atoms. The van der Waals surface area contributed by atoms with Gasteiger partial charge in [-0.15, -0.1) is 0 Å². The van der Waals surface area contributed by atoms with E-state index in [-0.39, 0.29) is 5.82 Å². The molecule has 5 rings (SSSR count). The quantitative estimate of drug-likeness (QED) is 0.519. The number of aromatic nitrogens is 2. The van der Waals surface area contributed by atoms with Gasteiger partial charge in [0, 0.05) is 16.2 Å². The number of fused-ring (bicyclic) bond motifs is 1. The number of rotatable bonds is 1. The van der Waals surface area contributed by atoms with Gasteiger partial charge in [0.25, 0.3) is 0 Å². The van der Waals surface area contributed by atoms with Crippen LogP contribution in [-0.4, -0.2) is 9.55 Å². The van der Waals surface area contributed by atoms with Crippen molar-refractivity contribution in [3.05, 3.63) is 46.7 Å². The van der Waals surface area contributed by atoms with Gasteiger partial charge in [0.15, 0.2) is 0 Å². The Hall–Kier alpha value is -1.68. The number of nitrogens with zero attached hydrogens (tertiary/aromatic N) is 2. The van der Waals surface area contributed by atoms with Crippen molar-refractivity contribution >= 4 is 27.0 Å². The van der Waals surface area contributed by atoms with Crippen LogP contribution in [0.25, 0.3) is 28.1 Å². The van der Waals surface area contributed by atoms with Crippen LogP contribution in [0.2, 0.25) is 0 Å². The van der Waals surface area contributed by atoms with Crippen LogP contribution in [0, 0.1) is 5.82 Å². The van der Waals surface area contributed by atoms with Crippen LogP contribution in [0.1, 0.15) is 0 Å². The largest absolute Gasteiger partial charge is 0.292 e. The van der Waals surface area contributed by atoms with Gasteiger partial charge in [0.05, 0.1) is 16.6 Å². The van der Waals surface area contributed by atoms with Gasteiger partial charge >= 0.3 is 0 Å². The molecule has 0 saturated carbocycles. The highest BCUT2D eigenvalue weighted by molar-refractivity contribution is 9.10. The van der Waals surface area contributed by atoms with Crippen molar-refractivity contribution in [2.75, 3.05) is 0 Å². The van der Waals surface area contributed by atoms with E-state index >= 15 is 0 Å². The first-order valence-corrected chi connectivity index (χ1v) is 6.02. The molecule has 4 bridgehead atoms. The summed E-state index contributed by atoms with van der Waals surface area (Å²) in [4.78, 5) is 4.38. The van der Waals surface area contributed by atoms with Crippen molar-refractivity contribution in [2.45, 2.75) is 0 Å². The Balaban J connectivity index is 2.05. The summed E-state index contributed by atoms with van der Waals surface area (Å²) in [6.07, 6.45) is 0. The van der Waals surface area contributed by atoms with E-state index in [1.54, 1.807) is 12.1 Å². The Kier molecular flexibility index (Phi) is 1.63. The van der Waals surface area contributed by atoms with Crippen LogP contribution in [-0.2, 0) is 0 Å². The van der Waals surface area contributed by atoms with Gasteiger partial charge in [-0.1, -0.05) is 15.9 Å². The van der Waals surface area contributed by atoms with E-state index in [0.717, 1.165) is 21.2 Å². The second-order valence-corrected chi connectivity index (χ2v) is 4.98. The van der Waals surface area contributed by atoms with Gasteiger partial charge in [0.2, 0.25) is 0 Å². The number of imidazole rings is 1. The van der Waals surface area contributed by atoms with Crippen molar-refractivity contribution in [1.82, 2.24) is 9.55 Å². The van der Waals surface area contributed by atoms with Gasteiger partial charge in [-0.25, -0.2) is 9.37 Å². The average molecular weight is 289 g/mol. The predicted molar refractivity (Wildman–Crippen MR) is 67.7 cm³/mol. The summed E-state index contributed by atoms with van der Waals surface area (Å²) in [5, 5.41) is 0. The minimum Gasteiger partial charge on any atom is -0.292 e. The highest BCUT2D eigenvalue weighted by Crippen LogP contribution is 2.38. The lowest BCUT2D eigenvalue weighted by Crippen LogP contribution is -2.02. The third-order valence-corrected chi connectivity index (χ3v) is 3.60. The lowest BCUT2D eigenvalue weighted by atomic mass is 10.1. The SMILES string of the molecule is Fc1cc2c3cc1-c(n3)n2-c1ccc(Br)cc1. The van der Waals surface area contributed by atoms with Crippen molar-refractivity contribution in [3.8, 4) is 17.1 Å². The van der Waals surface area contributed by atoms with Crippen molar-refractivity contribution < 1.29 is 4.39 Å². The lowest BCUT2D eigenvalue weighted by molar-refractivity contribution is 0.629. The zero-order valence-electron chi connectivity index (χ0n) is 8.61. The Bertz CT molecular complexity index is 759. The molecule has 2 aromatic carbocycles. The fourth-order valence-electron chi connectivity index (χ4n) is 2.30. The first-order chi connectivity index (χ1) is 8.24. The minimum absolute atomic E-state index is 0.187. The molecule has 0 aliphatic carbocycles. The first-order valence-electron chi connectivity index (χ1n) is 5.22. The van der Waals surface area contributed by atoms with Crippen LogP contribution < -0.4 is 0 Å². The van der Waals surface area contributed by atoms with Crippen LogP contribution in [0.5, 0.6) is 0 Å². The highest BCUT2D eigenvalue weighted by Gasteiger charge is 2.25. The van der Waals surface area contributed by atoms with Gasteiger partial charge in [-0.2, -0.15) is 0 Å². The maximum Gasteiger partial charge on any atom is 0.148 e. The summed E-state index contributed by atoms with van der Waals surface area (Å²) in [5.41, 5.74) is 3.29. The number of halogens is 2. The van der Waals surface area contributed by atoms with E-state index < -0.39 is 0 Å². The monoisotopic (exact) mass is 288 g/mol. The Morgan fingerprint density at radius 1 is 1.12 bits per heavy atom. The smallest absolute Gasteiger partial charge is 0.148 e. The molecule has 2 aliphatic heterocycles. The normalized spacial score (nSPS) is 12.1. The topological polar surface area (TPSA) is 17.8 Å². The molecule has 2 nitrogen and oxygen atoms in total. The maximum absolute atomic E-state index is 13.6. The summed E-state index contributed by atoms with van der Waals surface area (Å²) in [6.45, 7) is 0. The molecule has 17 heavy (non-hydrogen) atoms.